The quantitative estimate of drug-likeness (QED) is 0.195. The van der Waals surface area contributed by atoms with Crippen LogP contribution in [0.1, 0.15) is 39.5 Å². The third-order valence-electron chi connectivity index (χ3n) is 7.43. The van der Waals surface area contributed by atoms with Gasteiger partial charge in [0.1, 0.15) is 5.75 Å². The third kappa shape index (κ3) is 6.65. The molecule has 3 N–H and O–H groups in total. The van der Waals surface area contributed by atoms with E-state index in [9.17, 15) is 4.79 Å². The molecule has 0 amide bonds. The first-order chi connectivity index (χ1) is 21.3. The van der Waals surface area contributed by atoms with Gasteiger partial charge in [-0.15, -0.1) is 0 Å². The highest BCUT2D eigenvalue weighted by Gasteiger charge is 2.08. The van der Waals surface area contributed by atoms with Crippen LogP contribution in [0.25, 0.3) is 57.6 Å². The number of carbonyl (C=O) groups is 1. The standard InChI is InChI=1S/C20H14N4.C16H17NO3/c1-2-14-10-16-5-6-18(23-16)12-20-8-7-19(24-20)11-17-4-3-15(22-17)9-13(1)21-14;1-10-8-17-16(12(3)11(10)2)13-4-6-14(7-5-13)20-9-15(18)19/h1-12,21-22H;4-8H,9H2,1-3H3,(H,18,19). The second kappa shape index (κ2) is 12.2. The van der Waals surface area contributed by atoms with E-state index >= 15 is 0 Å². The van der Waals surface area contributed by atoms with Gasteiger partial charge in [-0.05, 0) is 135 Å². The molecule has 0 fully saturated rings. The van der Waals surface area contributed by atoms with E-state index in [1.165, 1.54) is 11.1 Å². The number of nitrogens with one attached hydrogen (secondary N) is 2. The van der Waals surface area contributed by atoms with Crippen LogP contribution in [0.5, 0.6) is 5.75 Å². The number of pyridine rings is 1. The lowest BCUT2D eigenvalue weighted by molar-refractivity contribution is -0.139. The topological polar surface area (TPSA) is 117 Å². The summed E-state index contributed by atoms with van der Waals surface area (Å²) in [5.41, 5.74) is 13.4. The van der Waals surface area contributed by atoms with Crippen molar-refractivity contribution in [2.45, 2.75) is 20.8 Å². The molecule has 1 aromatic carbocycles. The molecule has 0 radical (unpaired) electrons. The molecule has 0 unspecified atom stereocenters. The van der Waals surface area contributed by atoms with E-state index in [1.807, 2.05) is 67.8 Å². The first-order valence-corrected chi connectivity index (χ1v) is 14.2. The Hall–Kier alpha value is -5.76. The highest BCUT2D eigenvalue weighted by molar-refractivity contribution is 5.77. The number of aliphatic carboxylic acids is 1. The van der Waals surface area contributed by atoms with Crippen LogP contribution in [-0.4, -0.2) is 42.6 Å². The first-order valence-electron chi connectivity index (χ1n) is 14.2. The second-order valence-electron chi connectivity index (χ2n) is 10.7. The number of nitrogens with zero attached hydrogens (tertiary/aromatic N) is 3. The molecule has 5 aromatic rings. The van der Waals surface area contributed by atoms with Crippen LogP contribution in [0.4, 0.5) is 0 Å². The number of carboxylic acid groups (broad SMARTS) is 1. The predicted molar refractivity (Wildman–Crippen MR) is 176 cm³/mol. The number of benzene rings is 1. The first kappa shape index (κ1) is 28.4. The molecule has 4 aromatic heterocycles. The Morgan fingerprint density at radius 1 is 0.682 bits per heavy atom. The molecule has 0 atom stereocenters. The van der Waals surface area contributed by atoms with Crippen molar-refractivity contribution in [3.63, 3.8) is 0 Å². The minimum absolute atomic E-state index is 0.333. The number of rotatable bonds is 4. The van der Waals surface area contributed by atoms with Crippen molar-refractivity contribution in [2.24, 2.45) is 0 Å². The van der Waals surface area contributed by atoms with E-state index in [-0.39, 0.29) is 6.61 Å². The maximum atomic E-state index is 10.4. The Labute approximate surface area is 254 Å². The molecule has 2 aliphatic rings. The normalized spacial score (nSPS) is 11.6. The molecule has 6 heterocycles. The number of aromatic amines is 2. The van der Waals surface area contributed by atoms with Crippen molar-refractivity contribution >= 4 is 52.3 Å². The van der Waals surface area contributed by atoms with E-state index in [1.54, 1.807) is 12.1 Å². The van der Waals surface area contributed by atoms with Crippen LogP contribution in [-0.2, 0) is 4.79 Å². The molecular weight excluding hydrogens is 550 g/mol. The van der Waals surface area contributed by atoms with Crippen LogP contribution < -0.4 is 4.74 Å². The Morgan fingerprint density at radius 3 is 1.70 bits per heavy atom. The monoisotopic (exact) mass is 581 g/mol. The number of carboxylic acids is 1. The van der Waals surface area contributed by atoms with Gasteiger partial charge in [-0.2, -0.15) is 0 Å². The maximum Gasteiger partial charge on any atom is 0.341 e. The molecule has 7 rings (SSSR count). The average molecular weight is 582 g/mol. The number of aryl methyl sites for hydroxylation is 1. The zero-order valence-electron chi connectivity index (χ0n) is 24.6. The maximum absolute atomic E-state index is 10.4. The molecule has 8 bridgehead atoms. The van der Waals surface area contributed by atoms with Gasteiger partial charge in [0.05, 0.1) is 28.5 Å². The van der Waals surface area contributed by atoms with Gasteiger partial charge >= 0.3 is 5.97 Å². The SMILES string of the molecule is C1=Cc2cc3ccc(cc4ccc(cc5nc(cc1n2)C=C5)[nH]4)[nH]3.Cc1cnc(-c2ccc(OCC(=O)O)cc2)c(C)c1C. The van der Waals surface area contributed by atoms with Crippen LogP contribution in [0.3, 0.4) is 0 Å². The minimum atomic E-state index is -0.985. The van der Waals surface area contributed by atoms with Gasteiger partial charge in [-0.3, -0.25) is 4.98 Å². The van der Waals surface area contributed by atoms with Gasteiger partial charge in [-0.25, -0.2) is 14.8 Å². The number of hydrogen-bond acceptors (Lipinski definition) is 5. The summed E-state index contributed by atoms with van der Waals surface area (Å²) in [6.45, 7) is 5.85. The fourth-order valence-corrected chi connectivity index (χ4v) is 4.92. The van der Waals surface area contributed by atoms with Crippen molar-refractivity contribution < 1.29 is 14.6 Å². The third-order valence-corrected chi connectivity index (χ3v) is 7.43. The molecule has 0 aliphatic carbocycles. The fraction of sp³-hybridized carbons (Fsp3) is 0.111. The number of fused-ring (bicyclic) bond motifs is 8. The highest BCUT2D eigenvalue weighted by atomic mass is 16.5. The lowest BCUT2D eigenvalue weighted by atomic mass is 10.0. The van der Waals surface area contributed by atoms with Crippen molar-refractivity contribution in [1.29, 1.82) is 0 Å². The summed E-state index contributed by atoms with van der Waals surface area (Å²) in [6.07, 6.45) is 9.91. The van der Waals surface area contributed by atoms with Crippen LogP contribution >= 0.6 is 0 Å². The van der Waals surface area contributed by atoms with Crippen molar-refractivity contribution in [1.82, 2.24) is 24.9 Å². The fourth-order valence-electron chi connectivity index (χ4n) is 4.92. The van der Waals surface area contributed by atoms with E-state index in [2.05, 4.69) is 69.1 Å². The molecule has 0 spiro atoms. The van der Waals surface area contributed by atoms with Crippen molar-refractivity contribution in [2.75, 3.05) is 6.61 Å². The zero-order valence-corrected chi connectivity index (χ0v) is 24.6. The van der Waals surface area contributed by atoms with Gasteiger partial charge in [0.15, 0.2) is 6.61 Å². The van der Waals surface area contributed by atoms with Crippen molar-refractivity contribution in [3.8, 4) is 17.0 Å². The van der Waals surface area contributed by atoms with Crippen LogP contribution in [0.2, 0.25) is 0 Å². The second-order valence-corrected chi connectivity index (χ2v) is 10.7. The summed E-state index contributed by atoms with van der Waals surface area (Å²) in [6, 6.07) is 23.7. The summed E-state index contributed by atoms with van der Waals surface area (Å²) in [5.74, 6) is -0.446. The Balaban J connectivity index is 0.000000159. The van der Waals surface area contributed by atoms with Crippen LogP contribution in [0, 0.1) is 20.8 Å². The van der Waals surface area contributed by atoms with Crippen LogP contribution in [0.15, 0.2) is 79.0 Å². The molecule has 218 valence electrons. The largest absolute Gasteiger partial charge is 0.482 e. The lowest BCUT2D eigenvalue weighted by Gasteiger charge is -2.11. The van der Waals surface area contributed by atoms with Gasteiger partial charge < -0.3 is 19.8 Å². The summed E-state index contributed by atoms with van der Waals surface area (Å²) >= 11 is 0. The van der Waals surface area contributed by atoms with E-state index in [0.29, 0.717) is 5.75 Å². The summed E-state index contributed by atoms with van der Waals surface area (Å²) in [5, 5.41) is 8.57. The minimum Gasteiger partial charge on any atom is -0.482 e. The zero-order chi connectivity index (χ0) is 30.6. The summed E-state index contributed by atoms with van der Waals surface area (Å²) < 4.78 is 5.11. The highest BCUT2D eigenvalue weighted by Crippen LogP contribution is 2.26. The van der Waals surface area contributed by atoms with E-state index < -0.39 is 5.97 Å². The van der Waals surface area contributed by atoms with Crippen molar-refractivity contribution in [3.05, 3.63) is 118 Å². The smallest absolute Gasteiger partial charge is 0.341 e. The van der Waals surface area contributed by atoms with E-state index in [4.69, 9.17) is 9.84 Å². The van der Waals surface area contributed by atoms with E-state index in [0.717, 1.165) is 61.7 Å². The Kier molecular flexibility index (Phi) is 7.88. The lowest BCUT2D eigenvalue weighted by Crippen LogP contribution is -2.09. The predicted octanol–water partition coefficient (Wildman–Crippen LogP) is 7.79. The number of hydrogen-bond donors (Lipinski definition) is 3. The molecule has 0 saturated heterocycles. The number of ether oxygens (including phenoxy) is 1. The Morgan fingerprint density at radius 2 is 1.18 bits per heavy atom. The average Bonchev–Trinajstić information content (AvgIpc) is 3.82. The van der Waals surface area contributed by atoms with Gasteiger partial charge in [0.2, 0.25) is 0 Å². The molecule has 8 nitrogen and oxygen atoms in total. The molecule has 2 aliphatic heterocycles. The van der Waals surface area contributed by atoms with Gasteiger partial charge in [0, 0.05) is 33.8 Å². The molecule has 8 heteroatoms. The number of H-pyrrole nitrogens is 2. The number of aromatic nitrogens is 5. The summed E-state index contributed by atoms with van der Waals surface area (Å²) in [4.78, 5) is 30.9. The Bertz CT molecular complexity index is 2000. The summed E-state index contributed by atoms with van der Waals surface area (Å²) in [7, 11) is 0. The molecular formula is C36H31N5O3. The van der Waals surface area contributed by atoms with Gasteiger partial charge in [-0.1, -0.05) is 0 Å². The van der Waals surface area contributed by atoms with Gasteiger partial charge in [0.25, 0.3) is 0 Å². The molecule has 0 saturated carbocycles. The molecule has 44 heavy (non-hydrogen) atoms.